The van der Waals surface area contributed by atoms with Gasteiger partial charge in [-0.2, -0.15) is 4.98 Å². The molecule has 0 saturated heterocycles. The van der Waals surface area contributed by atoms with Crippen LogP contribution in [0.3, 0.4) is 0 Å². The Bertz CT molecular complexity index is 988. The number of alkyl halides is 1. The molecule has 1 aliphatic rings. The first kappa shape index (κ1) is 19.2. The molecule has 1 saturated carbocycles. The van der Waals surface area contributed by atoms with Crippen LogP contribution >= 0.6 is 0 Å². The fourth-order valence-corrected chi connectivity index (χ4v) is 3.85. The van der Waals surface area contributed by atoms with Gasteiger partial charge in [0.2, 0.25) is 5.95 Å². The van der Waals surface area contributed by atoms with E-state index in [4.69, 9.17) is 0 Å². The topological polar surface area (TPSA) is 53.9 Å². The molecule has 0 aliphatic heterocycles. The summed E-state index contributed by atoms with van der Waals surface area (Å²) in [5, 5.41) is 3.19. The molecule has 0 unspecified atom stereocenters. The Balaban J connectivity index is 1.59. The van der Waals surface area contributed by atoms with Gasteiger partial charge in [-0.1, -0.05) is 30.3 Å². The zero-order valence-electron chi connectivity index (χ0n) is 16.4. The highest BCUT2D eigenvalue weighted by Crippen LogP contribution is 2.45. The third-order valence-corrected chi connectivity index (χ3v) is 5.35. The van der Waals surface area contributed by atoms with Gasteiger partial charge in [-0.05, 0) is 30.5 Å². The van der Waals surface area contributed by atoms with Crippen LogP contribution in [0.2, 0.25) is 0 Å². The predicted molar refractivity (Wildman–Crippen MR) is 110 cm³/mol. The maximum Gasteiger partial charge on any atom is 0.224 e. The number of hydrogen-bond acceptors (Lipinski definition) is 5. The first-order chi connectivity index (χ1) is 14.0. The Morgan fingerprint density at radius 3 is 2.52 bits per heavy atom. The molecule has 7 heteroatoms. The predicted octanol–water partition coefficient (Wildman–Crippen LogP) is 4.23. The SMILES string of the molecule is CN(C)c1nc(NCC2(c3ncccc3F)CC(F)C2)ncc1-c1ccccc1. The van der Waals surface area contributed by atoms with Crippen molar-refractivity contribution in [2.24, 2.45) is 0 Å². The first-order valence-corrected chi connectivity index (χ1v) is 9.57. The second-order valence-corrected chi connectivity index (χ2v) is 7.66. The Morgan fingerprint density at radius 2 is 1.86 bits per heavy atom. The second kappa shape index (κ2) is 7.73. The molecule has 1 aliphatic carbocycles. The minimum Gasteiger partial charge on any atom is -0.362 e. The highest BCUT2D eigenvalue weighted by atomic mass is 19.1. The number of pyridine rings is 1. The molecule has 0 amide bonds. The van der Waals surface area contributed by atoms with Crippen LogP contribution in [0.1, 0.15) is 18.5 Å². The van der Waals surface area contributed by atoms with Gasteiger partial charge in [0.25, 0.3) is 0 Å². The van der Waals surface area contributed by atoms with Gasteiger partial charge in [0, 0.05) is 44.0 Å². The first-order valence-electron chi connectivity index (χ1n) is 9.57. The molecular formula is C22H23F2N5. The number of hydrogen-bond donors (Lipinski definition) is 1. The molecule has 29 heavy (non-hydrogen) atoms. The summed E-state index contributed by atoms with van der Waals surface area (Å²) in [6.07, 6.45) is 2.83. The van der Waals surface area contributed by atoms with Crippen LogP contribution in [0, 0.1) is 5.82 Å². The standard InChI is InChI=1S/C22H23F2N5/c1-29(2)20-17(15-7-4-3-5-8-15)13-26-21(28-20)27-14-22(11-16(23)12-22)19-18(24)9-6-10-25-19/h3-10,13,16H,11-12,14H2,1-2H3,(H,26,27,28). The van der Waals surface area contributed by atoms with E-state index in [-0.39, 0.29) is 12.8 Å². The van der Waals surface area contributed by atoms with E-state index < -0.39 is 17.4 Å². The fraction of sp³-hybridized carbons (Fsp3) is 0.318. The molecule has 150 valence electrons. The highest BCUT2D eigenvalue weighted by molar-refractivity contribution is 5.75. The Hall–Kier alpha value is -3.09. The number of benzene rings is 1. The van der Waals surface area contributed by atoms with Gasteiger partial charge in [-0.25, -0.2) is 13.8 Å². The summed E-state index contributed by atoms with van der Waals surface area (Å²) in [6, 6.07) is 12.8. The lowest BCUT2D eigenvalue weighted by Crippen LogP contribution is -2.49. The van der Waals surface area contributed by atoms with Crippen molar-refractivity contribution in [2.45, 2.75) is 24.4 Å². The van der Waals surface area contributed by atoms with Crippen LogP contribution in [-0.2, 0) is 5.41 Å². The van der Waals surface area contributed by atoms with Crippen molar-refractivity contribution in [3.63, 3.8) is 0 Å². The lowest BCUT2D eigenvalue weighted by Gasteiger charge is -2.43. The lowest BCUT2D eigenvalue weighted by molar-refractivity contribution is 0.0963. The maximum absolute atomic E-state index is 14.3. The Kier molecular flexibility index (Phi) is 5.13. The average molecular weight is 395 g/mol. The van der Waals surface area contributed by atoms with Crippen molar-refractivity contribution in [1.82, 2.24) is 15.0 Å². The summed E-state index contributed by atoms with van der Waals surface area (Å²) in [4.78, 5) is 15.2. The molecule has 4 rings (SSSR count). The molecule has 2 aromatic heterocycles. The largest absolute Gasteiger partial charge is 0.362 e. The van der Waals surface area contributed by atoms with E-state index in [0.29, 0.717) is 18.2 Å². The Labute approximate surface area is 168 Å². The van der Waals surface area contributed by atoms with Gasteiger partial charge in [-0.15, -0.1) is 0 Å². The molecule has 0 spiro atoms. The van der Waals surface area contributed by atoms with Crippen LogP contribution < -0.4 is 10.2 Å². The molecule has 1 fully saturated rings. The van der Waals surface area contributed by atoms with Crippen molar-refractivity contribution < 1.29 is 8.78 Å². The van der Waals surface area contributed by atoms with Gasteiger partial charge < -0.3 is 10.2 Å². The minimum atomic E-state index is -0.947. The summed E-state index contributed by atoms with van der Waals surface area (Å²) in [6.45, 7) is 0.318. The third kappa shape index (κ3) is 3.77. The maximum atomic E-state index is 14.3. The number of aromatic nitrogens is 3. The molecule has 2 heterocycles. The number of anilines is 2. The smallest absolute Gasteiger partial charge is 0.224 e. The van der Waals surface area contributed by atoms with E-state index in [9.17, 15) is 8.78 Å². The molecule has 5 nitrogen and oxygen atoms in total. The van der Waals surface area contributed by atoms with Crippen LogP contribution in [0.15, 0.2) is 54.9 Å². The molecule has 3 aromatic rings. The van der Waals surface area contributed by atoms with Gasteiger partial charge in [-0.3, -0.25) is 4.98 Å². The number of rotatable bonds is 6. The third-order valence-electron chi connectivity index (χ3n) is 5.35. The van der Waals surface area contributed by atoms with E-state index >= 15 is 0 Å². The zero-order chi connectivity index (χ0) is 20.4. The molecule has 0 bridgehead atoms. The van der Waals surface area contributed by atoms with E-state index in [0.717, 1.165) is 16.9 Å². The second-order valence-electron chi connectivity index (χ2n) is 7.66. The number of nitrogens with one attached hydrogen (secondary N) is 1. The van der Waals surface area contributed by atoms with Gasteiger partial charge in [0.05, 0.1) is 5.69 Å². The average Bonchev–Trinajstić information content (AvgIpc) is 2.71. The normalized spacial score (nSPS) is 20.8. The quantitative estimate of drug-likeness (QED) is 0.677. The lowest BCUT2D eigenvalue weighted by atomic mass is 9.65. The zero-order valence-corrected chi connectivity index (χ0v) is 16.4. The van der Waals surface area contributed by atoms with E-state index in [1.54, 1.807) is 18.5 Å². The monoisotopic (exact) mass is 395 g/mol. The Morgan fingerprint density at radius 1 is 1.10 bits per heavy atom. The van der Waals surface area contributed by atoms with Crippen molar-refractivity contribution in [3.05, 3.63) is 66.4 Å². The fourth-order valence-electron chi connectivity index (χ4n) is 3.85. The van der Waals surface area contributed by atoms with Crippen LogP contribution in [-0.4, -0.2) is 41.8 Å². The summed E-state index contributed by atoms with van der Waals surface area (Å²) in [5.41, 5.74) is 1.55. The summed E-state index contributed by atoms with van der Waals surface area (Å²) < 4.78 is 28.1. The molecular weight excluding hydrogens is 372 g/mol. The summed E-state index contributed by atoms with van der Waals surface area (Å²) in [5.74, 6) is 0.783. The minimum absolute atomic E-state index is 0.233. The van der Waals surface area contributed by atoms with Crippen LogP contribution in [0.25, 0.3) is 11.1 Å². The molecule has 0 atom stereocenters. The van der Waals surface area contributed by atoms with Gasteiger partial charge >= 0.3 is 0 Å². The van der Waals surface area contributed by atoms with E-state index in [2.05, 4.69) is 20.3 Å². The number of halogens is 2. The van der Waals surface area contributed by atoms with Gasteiger partial charge in [0.1, 0.15) is 17.8 Å². The van der Waals surface area contributed by atoms with Gasteiger partial charge in [0.15, 0.2) is 0 Å². The molecule has 1 aromatic carbocycles. The van der Waals surface area contributed by atoms with Crippen molar-refractivity contribution in [2.75, 3.05) is 30.9 Å². The van der Waals surface area contributed by atoms with Crippen molar-refractivity contribution in [3.8, 4) is 11.1 Å². The van der Waals surface area contributed by atoms with Crippen LogP contribution in [0.5, 0.6) is 0 Å². The van der Waals surface area contributed by atoms with E-state index in [1.807, 2.05) is 49.3 Å². The highest BCUT2D eigenvalue weighted by Gasteiger charge is 2.48. The molecule has 0 radical (unpaired) electrons. The van der Waals surface area contributed by atoms with Crippen molar-refractivity contribution >= 4 is 11.8 Å². The van der Waals surface area contributed by atoms with Crippen molar-refractivity contribution in [1.29, 1.82) is 0 Å². The van der Waals surface area contributed by atoms with Crippen LogP contribution in [0.4, 0.5) is 20.5 Å². The molecule has 1 N–H and O–H groups in total. The number of nitrogens with zero attached hydrogens (tertiary/aromatic N) is 4. The van der Waals surface area contributed by atoms with E-state index in [1.165, 1.54) is 6.07 Å². The summed E-state index contributed by atoms with van der Waals surface area (Å²) in [7, 11) is 3.84. The summed E-state index contributed by atoms with van der Waals surface area (Å²) >= 11 is 0.